The molecule has 1 aromatic heterocycles. The number of phenols is 1. The third kappa shape index (κ3) is 2.76. The van der Waals surface area contributed by atoms with Crippen LogP contribution in [0.25, 0.3) is 0 Å². The number of aryl methyl sites for hydroxylation is 2. The van der Waals surface area contributed by atoms with Gasteiger partial charge in [0, 0.05) is 30.4 Å². The lowest BCUT2D eigenvalue weighted by atomic mass is 10.1. The summed E-state index contributed by atoms with van der Waals surface area (Å²) in [5.41, 5.74) is 3.20. The third-order valence-electron chi connectivity index (χ3n) is 3.25. The van der Waals surface area contributed by atoms with Crippen molar-refractivity contribution in [2.75, 3.05) is 0 Å². The Balaban J connectivity index is 2.05. The van der Waals surface area contributed by atoms with Crippen LogP contribution in [0.2, 0.25) is 0 Å². The average Bonchev–Trinajstić information content (AvgIpc) is 2.70. The highest BCUT2D eigenvalue weighted by atomic mass is 16.3. The fraction of sp³-hybridized carbons (Fsp3) is 0.286. The van der Waals surface area contributed by atoms with E-state index in [0.29, 0.717) is 12.1 Å². The average molecular weight is 259 g/mol. The molecule has 0 unspecified atom stereocenters. The van der Waals surface area contributed by atoms with Crippen LogP contribution in [-0.4, -0.2) is 20.8 Å². The zero-order valence-corrected chi connectivity index (χ0v) is 11.3. The summed E-state index contributed by atoms with van der Waals surface area (Å²) in [4.78, 5) is 12.0. The van der Waals surface area contributed by atoms with E-state index in [1.54, 1.807) is 29.9 Å². The van der Waals surface area contributed by atoms with E-state index in [0.717, 1.165) is 16.8 Å². The third-order valence-corrected chi connectivity index (χ3v) is 3.25. The molecule has 100 valence electrons. The van der Waals surface area contributed by atoms with Gasteiger partial charge in [-0.25, -0.2) is 0 Å². The van der Waals surface area contributed by atoms with Crippen molar-refractivity contribution in [1.29, 1.82) is 0 Å². The monoisotopic (exact) mass is 259 g/mol. The van der Waals surface area contributed by atoms with Crippen LogP contribution in [-0.2, 0) is 13.6 Å². The molecule has 0 radical (unpaired) electrons. The number of nitrogens with zero attached hydrogens (tertiary/aromatic N) is 2. The predicted octanol–water partition coefficient (Wildman–Crippen LogP) is 1.67. The smallest absolute Gasteiger partial charge is 0.251 e. The Hall–Kier alpha value is -2.30. The highest BCUT2D eigenvalue weighted by Crippen LogP contribution is 2.17. The van der Waals surface area contributed by atoms with E-state index in [2.05, 4.69) is 10.4 Å². The summed E-state index contributed by atoms with van der Waals surface area (Å²) >= 11 is 0. The molecule has 2 rings (SSSR count). The summed E-state index contributed by atoms with van der Waals surface area (Å²) in [7, 11) is 1.86. The van der Waals surface area contributed by atoms with Gasteiger partial charge in [-0.3, -0.25) is 9.48 Å². The number of aromatic nitrogens is 2. The van der Waals surface area contributed by atoms with Crippen molar-refractivity contribution in [3.8, 4) is 5.75 Å². The van der Waals surface area contributed by atoms with Crippen LogP contribution < -0.4 is 5.32 Å². The molecule has 1 aromatic carbocycles. The molecule has 0 aliphatic heterocycles. The zero-order chi connectivity index (χ0) is 14.0. The van der Waals surface area contributed by atoms with Crippen molar-refractivity contribution in [1.82, 2.24) is 15.1 Å². The van der Waals surface area contributed by atoms with E-state index < -0.39 is 0 Å². The Morgan fingerprint density at radius 3 is 2.74 bits per heavy atom. The second-order valence-electron chi connectivity index (χ2n) is 4.56. The number of nitrogens with one attached hydrogen (secondary N) is 1. The molecule has 0 aliphatic carbocycles. The van der Waals surface area contributed by atoms with Gasteiger partial charge in [0.05, 0.1) is 6.20 Å². The lowest BCUT2D eigenvalue weighted by Gasteiger charge is -2.06. The number of phenolic OH excluding ortho intramolecular Hbond substituents is 1. The number of amides is 1. The zero-order valence-electron chi connectivity index (χ0n) is 11.3. The lowest BCUT2D eigenvalue weighted by molar-refractivity contribution is 0.0950. The summed E-state index contributed by atoms with van der Waals surface area (Å²) in [6.07, 6.45) is 1.74. The lowest BCUT2D eigenvalue weighted by Crippen LogP contribution is -2.23. The first-order valence-electron chi connectivity index (χ1n) is 6.04. The minimum absolute atomic E-state index is 0.130. The Kier molecular flexibility index (Phi) is 3.55. The molecule has 0 fully saturated rings. The maximum absolute atomic E-state index is 12.0. The molecular formula is C14H17N3O2. The molecule has 0 atom stereocenters. The van der Waals surface area contributed by atoms with Gasteiger partial charge < -0.3 is 10.4 Å². The maximum atomic E-state index is 12.0. The van der Waals surface area contributed by atoms with Gasteiger partial charge in [0.15, 0.2) is 0 Å². The highest BCUT2D eigenvalue weighted by Gasteiger charge is 2.09. The van der Waals surface area contributed by atoms with Crippen LogP contribution in [0.5, 0.6) is 5.75 Å². The van der Waals surface area contributed by atoms with Crippen LogP contribution in [0, 0.1) is 13.8 Å². The maximum Gasteiger partial charge on any atom is 0.251 e. The minimum Gasteiger partial charge on any atom is -0.508 e. The van der Waals surface area contributed by atoms with Crippen molar-refractivity contribution < 1.29 is 9.90 Å². The molecule has 0 saturated heterocycles. The molecule has 1 amide bonds. The largest absolute Gasteiger partial charge is 0.508 e. The normalized spacial score (nSPS) is 10.5. The van der Waals surface area contributed by atoms with Crippen LogP contribution in [0.3, 0.4) is 0 Å². The van der Waals surface area contributed by atoms with Gasteiger partial charge in [-0.1, -0.05) is 6.07 Å². The molecule has 1 heterocycles. The van der Waals surface area contributed by atoms with Crippen LogP contribution in [0.4, 0.5) is 0 Å². The Morgan fingerprint density at radius 2 is 2.16 bits per heavy atom. The topological polar surface area (TPSA) is 67.2 Å². The summed E-state index contributed by atoms with van der Waals surface area (Å²) in [5, 5.41) is 16.5. The molecule has 0 saturated carbocycles. The second-order valence-corrected chi connectivity index (χ2v) is 4.56. The van der Waals surface area contributed by atoms with E-state index in [1.165, 1.54) is 6.07 Å². The molecule has 19 heavy (non-hydrogen) atoms. The van der Waals surface area contributed by atoms with Gasteiger partial charge in [-0.05, 0) is 31.5 Å². The molecule has 2 N–H and O–H groups in total. The van der Waals surface area contributed by atoms with Crippen molar-refractivity contribution in [3.63, 3.8) is 0 Å². The van der Waals surface area contributed by atoms with Gasteiger partial charge in [-0.2, -0.15) is 5.10 Å². The van der Waals surface area contributed by atoms with Gasteiger partial charge in [0.25, 0.3) is 5.91 Å². The Morgan fingerprint density at radius 1 is 1.42 bits per heavy atom. The first-order valence-corrected chi connectivity index (χ1v) is 6.04. The van der Waals surface area contributed by atoms with Gasteiger partial charge >= 0.3 is 0 Å². The molecule has 0 aliphatic rings. The number of hydrogen-bond donors (Lipinski definition) is 2. The SMILES string of the molecule is Cc1ccc(C(=O)NCc2cnn(C)c2C)cc1O. The summed E-state index contributed by atoms with van der Waals surface area (Å²) < 4.78 is 1.76. The number of hydrogen-bond acceptors (Lipinski definition) is 3. The van der Waals surface area contributed by atoms with Crippen molar-refractivity contribution in [2.24, 2.45) is 7.05 Å². The number of aromatic hydroxyl groups is 1. The summed E-state index contributed by atoms with van der Waals surface area (Å²) in [6, 6.07) is 4.89. The first-order chi connectivity index (χ1) is 8.99. The standard InChI is InChI=1S/C14H17N3O2/c1-9-4-5-11(6-13(9)18)14(19)15-7-12-8-16-17(3)10(12)2/h4-6,8,18H,7H2,1-3H3,(H,15,19). The molecular weight excluding hydrogens is 242 g/mol. The number of rotatable bonds is 3. The van der Waals surface area contributed by atoms with Crippen LogP contribution >= 0.6 is 0 Å². The quantitative estimate of drug-likeness (QED) is 0.881. The molecule has 2 aromatic rings. The van der Waals surface area contributed by atoms with Crippen LogP contribution in [0.1, 0.15) is 27.2 Å². The van der Waals surface area contributed by atoms with E-state index in [-0.39, 0.29) is 11.7 Å². The fourth-order valence-corrected chi connectivity index (χ4v) is 1.75. The van der Waals surface area contributed by atoms with Gasteiger partial charge in [-0.15, -0.1) is 0 Å². The van der Waals surface area contributed by atoms with Crippen molar-refractivity contribution in [3.05, 3.63) is 46.8 Å². The predicted molar refractivity (Wildman–Crippen MR) is 72.0 cm³/mol. The van der Waals surface area contributed by atoms with E-state index in [4.69, 9.17) is 0 Å². The van der Waals surface area contributed by atoms with Crippen LogP contribution in [0.15, 0.2) is 24.4 Å². The van der Waals surface area contributed by atoms with Crippen molar-refractivity contribution in [2.45, 2.75) is 20.4 Å². The number of carbonyl (C=O) groups excluding carboxylic acids is 1. The molecule has 0 bridgehead atoms. The fourth-order valence-electron chi connectivity index (χ4n) is 1.75. The highest BCUT2D eigenvalue weighted by molar-refractivity contribution is 5.94. The summed E-state index contributed by atoms with van der Waals surface area (Å²) in [5.74, 6) is -0.0799. The minimum atomic E-state index is -0.210. The molecule has 5 heteroatoms. The summed E-state index contributed by atoms with van der Waals surface area (Å²) in [6.45, 7) is 4.16. The Labute approximate surface area is 111 Å². The second kappa shape index (κ2) is 5.14. The Bertz CT molecular complexity index is 617. The van der Waals surface area contributed by atoms with E-state index in [1.807, 2.05) is 14.0 Å². The van der Waals surface area contributed by atoms with Gasteiger partial charge in [0.1, 0.15) is 5.75 Å². The van der Waals surface area contributed by atoms with E-state index >= 15 is 0 Å². The molecule has 0 spiro atoms. The van der Waals surface area contributed by atoms with Gasteiger partial charge in [0.2, 0.25) is 0 Å². The van der Waals surface area contributed by atoms with Crippen molar-refractivity contribution >= 4 is 5.91 Å². The molecule has 5 nitrogen and oxygen atoms in total. The first kappa shape index (κ1) is 13.1. The van der Waals surface area contributed by atoms with E-state index in [9.17, 15) is 9.90 Å². The number of carbonyl (C=O) groups is 1. The number of benzene rings is 1.